The maximum absolute atomic E-state index is 13.9. The predicted molar refractivity (Wildman–Crippen MR) is 115 cm³/mol. The van der Waals surface area contributed by atoms with E-state index in [0.717, 1.165) is 24.5 Å². The third-order valence-corrected chi connectivity index (χ3v) is 6.48. The van der Waals surface area contributed by atoms with Crippen LogP contribution in [0.4, 0.5) is 10.1 Å². The van der Waals surface area contributed by atoms with E-state index in [1.54, 1.807) is 0 Å². The number of nitrogens with zero attached hydrogens (tertiary/aromatic N) is 3. The molecule has 3 rings (SSSR count). The van der Waals surface area contributed by atoms with E-state index in [4.69, 9.17) is 0 Å². The molecule has 0 radical (unpaired) electrons. The Morgan fingerprint density at radius 2 is 1.88 bits per heavy atom. The van der Waals surface area contributed by atoms with Gasteiger partial charge < -0.3 is 15.1 Å². The van der Waals surface area contributed by atoms with Crippen molar-refractivity contribution in [3.63, 3.8) is 0 Å². The lowest BCUT2D eigenvalue weighted by Gasteiger charge is -2.38. The number of likely N-dealkylation sites (N-methyl/N-ethyl adjacent to an activating group) is 1. The largest absolute Gasteiger partial charge is 0.504 e. The van der Waals surface area contributed by atoms with Gasteiger partial charge in [0.15, 0.2) is 33.5 Å². The van der Waals surface area contributed by atoms with E-state index in [9.17, 15) is 37.4 Å². The number of sulfone groups is 1. The zero-order valence-corrected chi connectivity index (χ0v) is 18.8. The number of fused-ring (bicyclic) bond motifs is 1. The maximum atomic E-state index is 13.9. The van der Waals surface area contributed by atoms with Crippen molar-refractivity contribution in [2.24, 2.45) is 0 Å². The summed E-state index contributed by atoms with van der Waals surface area (Å²) in [6, 6.07) is 5.77. The average molecular weight is 478 g/mol. The number of carboxylic acid groups (broad SMARTS) is 1. The van der Waals surface area contributed by atoms with Crippen LogP contribution in [0.1, 0.15) is 11.3 Å². The highest BCUT2D eigenvalue weighted by Gasteiger charge is 2.53. The summed E-state index contributed by atoms with van der Waals surface area (Å²) < 4.78 is 37.6. The third-order valence-electron chi connectivity index (χ3n) is 5.30. The Morgan fingerprint density at radius 1 is 1.21 bits per heavy atom. The van der Waals surface area contributed by atoms with Crippen LogP contribution in [-0.2, 0) is 30.8 Å². The van der Waals surface area contributed by atoms with Crippen molar-refractivity contribution in [2.45, 2.75) is 11.4 Å². The number of aromatic nitrogens is 1. The second-order valence-electron chi connectivity index (χ2n) is 7.80. The standard InChI is InChI=1S/C21H20FN3O7S/c1-24(2)16(26)11-25(10-12-6-7-13(22)9-15(12)33(3,31)32)14-5-4-8-23-18(14)19(27)17(20(25)28)21(29)30/h4-9H,10-11H2,1-3H3,(H-,27,28,29,30)/p+1. The Balaban J connectivity index is 2.38. The van der Waals surface area contributed by atoms with Gasteiger partial charge in [0, 0.05) is 38.2 Å². The summed E-state index contributed by atoms with van der Waals surface area (Å²) in [5.41, 5.74) is -1.23. The lowest BCUT2D eigenvalue weighted by Crippen LogP contribution is -2.61. The maximum Gasteiger partial charge on any atom is 0.363 e. The number of benzene rings is 1. The molecule has 10 nitrogen and oxygen atoms in total. The fourth-order valence-corrected chi connectivity index (χ4v) is 4.63. The molecule has 0 spiro atoms. The van der Waals surface area contributed by atoms with Crippen molar-refractivity contribution in [3.8, 4) is 0 Å². The molecule has 1 aliphatic heterocycles. The summed E-state index contributed by atoms with van der Waals surface area (Å²) in [5.74, 6) is -5.15. The molecule has 1 aromatic carbocycles. The van der Waals surface area contributed by atoms with E-state index in [1.807, 2.05) is 0 Å². The number of carboxylic acids is 1. The molecule has 33 heavy (non-hydrogen) atoms. The van der Waals surface area contributed by atoms with Gasteiger partial charge in [0.05, 0.1) is 4.90 Å². The quantitative estimate of drug-likeness (QED) is 0.465. The molecule has 2 heterocycles. The van der Waals surface area contributed by atoms with Gasteiger partial charge in [-0.25, -0.2) is 31.9 Å². The third kappa shape index (κ3) is 4.22. The Hall–Kier alpha value is -3.64. The fourth-order valence-electron chi connectivity index (χ4n) is 3.70. The number of amides is 2. The molecule has 0 bridgehead atoms. The highest BCUT2D eigenvalue weighted by Crippen LogP contribution is 2.40. The van der Waals surface area contributed by atoms with Crippen LogP contribution in [0.25, 0.3) is 5.76 Å². The molecule has 0 saturated carbocycles. The van der Waals surface area contributed by atoms with E-state index in [2.05, 4.69) is 4.98 Å². The normalized spacial score (nSPS) is 18.1. The number of aliphatic hydroxyl groups excluding tert-OH is 1. The van der Waals surface area contributed by atoms with Crippen molar-refractivity contribution in [1.29, 1.82) is 0 Å². The number of aliphatic carboxylic acids is 1. The second-order valence-corrected chi connectivity index (χ2v) is 9.79. The van der Waals surface area contributed by atoms with Crippen molar-refractivity contribution in [3.05, 3.63) is 59.2 Å². The fraction of sp³-hybridized carbons (Fsp3) is 0.238. The van der Waals surface area contributed by atoms with Crippen LogP contribution in [0.5, 0.6) is 0 Å². The lowest BCUT2D eigenvalue weighted by molar-refractivity contribution is -0.141. The Morgan fingerprint density at radius 3 is 2.45 bits per heavy atom. The van der Waals surface area contributed by atoms with E-state index >= 15 is 0 Å². The van der Waals surface area contributed by atoms with Crippen LogP contribution in [0.15, 0.2) is 47.0 Å². The van der Waals surface area contributed by atoms with Crippen LogP contribution < -0.4 is 4.48 Å². The van der Waals surface area contributed by atoms with Crippen LogP contribution in [0.3, 0.4) is 0 Å². The summed E-state index contributed by atoms with van der Waals surface area (Å²) in [6.07, 6.45) is 2.13. The zero-order valence-electron chi connectivity index (χ0n) is 17.9. The average Bonchev–Trinajstić information content (AvgIpc) is 2.72. The Labute approximate surface area is 188 Å². The predicted octanol–water partition coefficient (Wildman–Crippen LogP) is 1.11. The van der Waals surface area contributed by atoms with Gasteiger partial charge in [-0.15, -0.1) is 0 Å². The first-order chi connectivity index (χ1) is 15.3. The number of pyridine rings is 1. The summed E-state index contributed by atoms with van der Waals surface area (Å²) >= 11 is 0. The number of carbonyl (C=O) groups is 3. The minimum Gasteiger partial charge on any atom is -0.504 e. The van der Waals surface area contributed by atoms with E-state index in [0.29, 0.717) is 0 Å². The molecule has 2 aromatic rings. The van der Waals surface area contributed by atoms with Gasteiger partial charge in [0.1, 0.15) is 12.4 Å². The molecule has 12 heteroatoms. The number of carbonyl (C=O) groups excluding carboxylic acids is 2. The molecule has 0 fully saturated rings. The first-order valence-electron chi connectivity index (χ1n) is 9.52. The van der Waals surface area contributed by atoms with Crippen LogP contribution in [-0.4, -0.2) is 73.2 Å². The smallest absolute Gasteiger partial charge is 0.363 e. The van der Waals surface area contributed by atoms with Crippen LogP contribution >= 0.6 is 0 Å². The van der Waals surface area contributed by atoms with Gasteiger partial charge >= 0.3 is 11.9 Å². The topological polar surface area (TPSA) is 142 Å². The number of quaternary nitrogens is 1. The number of hydrogen-bond donors (Lipinski definition) is 2. The highest BCUT2D eigenvalue weighted by molar-refractivity contribution is 7.90. The molecule has 1 aliphatic rings. The lowest BCUT2D eigenvalue weighted by atomic mass is 9.98. The van der Waals surface area contributed by atoms with Gasteiger partial charge in [-0.2, -0.15) is 0 Å². The highest BCUT2D eigenvalue weighted by atomic mass is 32.2. The molecule has 2 amide bonds. The van der Waals surface area contributed by atoms with Gasteiger partial charge in [-0.3, -0.25) is 4.79 Å². The van der Waals surface area contributed by atoms with Crippen molar-refractivity contribution < 1.29 is 37.4 Å². The zero-order chi connectivity index (χ0) is 24.7. The molecular weight excluding hydrogens is 457 g/mol. The summed E-state index contributed by atoms with van der Waals surface area (Å²) in [5, 5.41) is 20.1. The first-order valence-corrected chi connectivity index (χ1v) is 11.4. The Kier molecular flexibility index (Phi) is 6.09. The van der Waals surface area contributed by atoms with Crippen LogP contribution in [0.2, 0.25) is 0 Å². The summed E-state index contributed by atoms with van der Waals surface area (Å²) in [4.78, 5) is 43.1. The summed E-state index contributed by atoms with van der Waals surface area (Å²) in [7, 11) is -1.10. The number of halogens is 1. The van der Waals surface area contributed by atoms with Crippen LogP contribution in [0, 0.1) is 5.82 Å². The number of aliphatic hydroxyl groups is 1. The van der Waals surface area contributed by atoms with Crippen molar-refractivity contribution >= 4 is 39.1 Å². The molecular formula is C21H21FN3O7S+. The molecule has 1 unspecified atom stereocenters. The first kappa shape index (κ1) is 24.0. The van der Waals surface area contributed by atoms with Gasteiger partial charge in [0.25, 0.3) is 5.91 Å². The molecule has 174 valence electrons. The minimum atomic E-state index is -3.96. The second kappa shape index (κ2) is 8.37. The molecule has 0 aliphatic carbocycles. The monoisotopic (exact) mass is 478 g/mol. The van der Waals surface area contributed by atoms with E-state index in [-0.39, 0.29) is 16.9 Å². The molecule has 1 atom stereocenters. The van der Waals surface area contributed by atoms with Crippen molar-refractivity contribution in [1.82, 2.24) is 14.4 Å². The molecule has 1 aromatic heterocycles. The molecule has 0 saturated heterocycles. The Bertz CT molecular complexity index is 1320. The minimum absolute atomic E-state index is 0.00368. The van der Waals surface area contributed by atoms with Gasteiger partial charge in [0.2, 0.25) is 5.57 Å². The van der Waals surface area contributed by atoms with Crippen molar-refractivity contribution in [2.75, 3.05) is 26.9 Å². The molecule has 2 N–H and O–H groups in total. The number of hydrogen-bond acceptors (Lipinski definition) is 7. The SMILES string of the molecule is CN(C)C(=O)C[N+]1(Cc2ccc(F)cc2S(C)(=O)=O)C(=O)C(C(=O)O)=C(O)c2ncccc21. The van der Waals surface area contributed by atoms with Gasteiger partial charge in [-0.1, -0.05) is 0 Å². The van der Waals surface area contributed by atoms with Gasteiger partial charge in [-0.05, 0) is 24.3 Å². The van der Waals surface area contributed by atoms with E-state index in [1.165, 1.54) is 37.3 Å². The van der Waals surface area contributed by atoms with E-state index < -0.39 is 67.2 Å². The summed E-state index contributed by atoms with van der Waals surface area (Å²) in [6.45, 7) is -1.11. The number of rotatable bonds is 6.